The summed E-state index contributed by atoms with van der Waals surface area (Å²) in [5.41, 5.74) is 4.63. The summed E-state index contributed by atoms with van der Waals surface area (Å²) < 4.78 is 0. The molecule has 0 amide bonds. The zero-order chi connectivity index (χ0) is 21.0. The molecule has 2 heterocycles. The number of benzene rings is 1. The molecule has 4 nitrogen and oxygen atoms in total. The number of piperidine rings is 1. The Morgan fingerprint density at radius 2 is 1.65 bits per heavy atom. The van der Waals surface area contributed by atoms with Crippen LogP contribution in [0, 0.1) is 5.92 Å². The molecule has 31 heavy (non-hydrogen) atoms. The van der Waals surface area contributed by atoms with Crippen molar-refractivity contribution in [3.63, 3.8) is 0 Å². The second-order valence-electron chi connectivity index (χ2n) is 10.7. The normalized spacial score (nSPS) is 27.0. The Balaban J connectivity index is 1.14. The van der Waals surface area contributed by atoms with Crippen molar-refractivity contribution in [1.29, 1.82) is 0 Å². The molecule has 5 rings (SSSR count). The predicted molar refractivity (Wildman–Crippen MR) is 129 cm³/mol. The van der Waals surface area contributed by atoms with Gasteiger partial charge in [0.25, 0.3) is 0 Å². The summed E-state index contributed by atoms with van der Waals surface area (Å²) in [7, 11) is 0. The summed E-state index contributed by atoms with van der Waals surface area (Å²) in [5, 5.41) is 9.71. The SMILES string of the molecule is OCC[C@H]1CN(C2CCN(c3ccc4c(c3)CCC4)CC2)CCN1CC1CCCCC1. The third-order valence-electron chi connectivity index (χ3n) is 8.74. The van der Waals surface area contributed by atoms with E-state index >= 15 is 0 Å². The van der Waals surface area contributed by atoms with Gasteiger partial charge in [-0.3, -0.25) is 9.80 Å². The maximum absolute atomic E-state index is 9.71. The number of piperazine rings is 1. The molecule has 1 saturated carbocycles. The average Bonchev–Trinajstić information content (AvgIpc) is 3.29. The Labute approximate surface area is 189 Å². The van der Waals surface area contributed by atoms with E-state index < -0.39 is 0 Å². The van der Waals surface area contributed by atoms with Crippen molar-refractivity contribution in [3.8, 4) is 0 Å². The number of rotatable bonds is 6. The Kier molecular flexibility index (Phi) is 7.17. The summed E-state index contributed by atoms with van der Waals surface area (Å²) in [5.74, 6) is 0.900. The van der Waals surface area contributed by atoms with Crippen LogP contribution in [0.3, 0.4) is 0 Å². The Morgan fingerprint density at radius 3 is 2.45 bits per heavy atom. The van der Waals surface area contributed by atoms with Crippen LogP contribution in [0.1, 0.15) is 68.9 Å². The number of aryl methyl sites for hydroxylation is 2. The molecule has 172 valence electrons. The topological polar surface area (TPSA) is 30.0 Å². The molecule has 2 saturated heterocycles. The van der Waals surface area contributed by atoms with Crippen LogP contribution in [-0.2, 0) is 12.8 Å². The van der Waals surface area contributed by atoms with Crippen LogP contribution in [-0.4, -0.2) is 72.9 Å². The molecule has 0 spiro atoms. The Hall–Kier alpha value is -1.10. The average molecular weight is 426 g/mol. The quantitative estimate of drug-likeness (QED) is 0.743. The Morgan fingerprint density at radius 1 is 0.839 bits per heavy atom. The van der Waals surface area contributed by atoms with Gasteiger partial charge in [0.05, 0.1) is 0 Å². The summed E-state index contributed by atoms with van der Waals surface area (Å²) in [6.45, 7) is 7.57. The number of fused-ring (bicyclic) bond motifs is 1. The highest BCUT2D eigenvalue weighted by atomic mass is 16.3. The van der Waals surface area contributed by atoms with E-state index in [2.05, 4.69) is 32.9 Å². The molecule has 1 N–H and O–H groups in total. The van der Waals surface area contributed by atoms with Gasteiger partial charge < -0.3 is 10.0 Å². The second-order valence-corrected chi connectivity index (χ2v) is 10.7. The van der Waals surface area contributed by atoms with Gasteiger partial charge in [-0.25, -0.2) is 0 Å². The molecular formula is C27H43N3O. The van der Waals surface area contributed by atoms with Gasteiger partial charge in [-0.15, -0.1) is 0 Å². The third kappa shape index (κ3) is 5.12. The summed E-state index contributed by atoms with van der Waals surface area (Å²) in [6.07, 6.45) is 14.5. The van der Waals surface area contributed by atoms with E-state index in [0.717, 1.165) is 24.9 Å². The third-order valence-corrected chi connectivity index (χ3v) is 8.74. The highest BCUT2D eigenvalue weighted by Crippen LogP contribution is 2.31. The molecule has 3 fully saturated rings. The smallest absolute Gasteiger partial charge is 0.0446 e. The number of hydrogen-bond donors (Lipinski definition) is 1. The van der Waals surface area contributed by atoms with Gasteiger partial charge in [0, 0.05) is 63.6 Å². The van der Waals surface area contributed by atoms with Crippen molar-refractivity contribution in [2.45, 2.75) is 82.7 Å². The molecule has 1 aromatic carbocycles. The first-order chi connectivity index (χ1) is 15.3. The lowest BCUT2D eigenvalue weighted by Gasteiger charge is -2.47. The van der Waals surface area contributed by atoms with Crippen LogP contribution in [0.2, 0.25) is 0 Å². The molecular weight excluding hydrogens is 382 g/mol. The van der Waals surface area contributed by atoms with Crippen molar-refractivity contribution in [3.05, 3.63) is 29.3 Å². The Bertz CT molecular complexity index is 708. The lowest BCUT2D eigenvalue weighted by molar-refractivity contribution is 0.0184. The van der Waals surface area contributed by atoms with E-state index in [9.17, 15) is 5.11 Å². The van der Waals surface area contributed by atoms with Crippen molar-refractivity contribution >= 4 is 5.69 Å². The maximum Gasteiger partial charge on any atom is 0.0446 e. The summed E-state index contributed by atoms with van der Waals surface area (Å²) >= 11 is 0. The van der Waals surface area contributed by atoms with E-state index in [1.54, 1.807) is 11.1 Å². The zero-order valence-corrected chi connectivity index (χ0v) is 19.5. The fourth-order valence-corrected chi connectivity index (χ4v) is 6.86. The van der Waals surface area contributed by atoms with Crippen molar-refractivity contribution < 1.29 is 5.11 Å². The number of hydrogen-bond acceptors (Lipinski definition) is 4. The standard InChI is InChI=1S/C27H43N3O/c31-18-13-27-21-30(17-16-29(27)20-22-5-2-1-3-6-22)25-11-14-28(15-12-25)26-10-9-23-7-4-8-24(23)19-26/h9-10,19,22,25,27,31H,1-8,11-18,20-21H2/t27-/m0/s1. The van der Waals surface area contributed by atoms with Crippen LogP contribution in [0.15, 0.2) is 18.2 Å². The molecule has 2 aliphatic heterocycles. The largest absolute Gasteiger partial charge is 0.396 e. The van der Waals surface area contributed by atoms with Crippen molar-refractivity contribution in [1.82, 2.24) is 9.80 Å². The summed E-state index contributed by atoms with van der Waals surface area (Å²) in [6, 6.07) is 8.50. The number of aliphatic hydroxyl groups is 1. The number of anilines is 1. The zero-order valence-electron chi connectivity index (χ0n) is 19.5. The van der Waals surface area contributed by atoms with Gasteiger partial charge in [0.15, 0.2) is 0 Å². The molecule has 4 heteroatoms. The van der Waals surface area contributed by atoms with Gasteiger partial charge in [-0.1, -0.05) is 25.3 Å². The molecule has 0 aromatic heterocycles. The first-order valence-electron chi connectivity index (χ1n) is 13.3. The van der Waals surface area contributed by atoms with Gasteiger partial charge >= 0.3 is 0 Å². The van der Waals surface area contributed by atoms with E-state index in [-0.39, 0.29) is 0 Å². The van der Waals surface area contributed by atoms with Crippen LogP contribution in [0.25, 0.3) is 0 Å². The minimum Gasteiger partial charge on any atom is -0.396 e. The van der Waals surface area contributed by atoms with Crippen molar-refractivity contribution in [2.24, 2.45) is 5.92 Å². The minimum atomic E-state index is 0.330. The van der Waals surface area contributed by atoms with E-state index in [1.165, 1.54) is 103 Å². The molecule has 1 atom stereocenters. The second kappa shape index (κ2) is 10.2. The van der Waals surface area contributed by atoms with Crippen LogP contribution in [0.5, 0.6) is 0 Å². The molecule has 1 aromatic rings. The molecule has 0 bridgehead atoms. The van der Waals surface area contributed by atoms with Gasteiger partial charge in [-0.2, -0.15) is 0 Å². The van der Waals surface area contributed by atoms with Crippen molar-refractivity contribution in [2.75, 3.05) is 50.8 Å². The van der Waals surface area contributed by atoms with Gasteiger partial charge in [-0.05, 0) is 80.5 Å². The van der Waals surface area contributed by atoms with Crippen LogP contribution < -0.4 is 4.90 Å². The first-order valence-corrected chi connectivity index (χ1v) is 13.3. The number of nitrogens with zero attached hydrogens (tertiary/aromatic N) is 3. The van der Waals surface area contributed by atoms with Gasteiger partial charge in [0.2, 0.25) is 0 Å². The predicted octanol–water partition coefficient (Wildman–Crippen LogP) is 4.09. The fraction of sp³-hybridized carbons (Fsp3) is 0.778. The first kappa shape index (κ1) is 21.7. The molecule has 2 aliphatic carbocycles. The van der Waals surface area contributed by atoms with Crippen LogP contribution >= 0.6 is 0 Å². The van der Waals surface area contributed by atoms with Gasteiger partial charge in [0.1, 0.15) is 0 Å². The molecule has 0 radical (unpaired) electrons. The highest BCUT2D eigenvalue weighted by molar-refractivity contribution is 5.52. The molecule has 4 aliphatic rings. The monoisotopic (exact) mass is 425 g/mol. The lowest BCUT2D eigenvalue weighted by Crippen LogP contribution is -2.58. The number of aliphatic hydroxyl groups excluding tert-OH is 1. The fourth-order valence-electron chi connectivity index (χ4n) is 6.86. The maximum atomic E-state index is 9.71. The summed E-state index contributed by atoms with van der Waals surface area (Å²) in [4.78, 5) is 8.14. The van der Waals surface area contributed by atoms with Crippen LogP contribution in [0.4, 0.5) is 5.69 Å². The van der Waals surface area contributed by atoms with E-state index in [0.29, 0.717) is 12.6 Å². The lowest BCUT2D eigenvalue weighted by atomic mass is 9.88. The van der Waals surface area contributed by atoms with E-state index in [4.69, 9.17) is 0 Å². The van der Waals surface area contributed by atoms with E-state index in [1.807, 2.05) is 0 Å². The minimum absolute atomic E-state index is 0.330. The highest BCUT2D eigenvalue weighted by Gasteiger charge is 2.33. The molecule has 0 unspecified atom stereocenters.